The van der Waals surface area contributed by atoms with E-state index in [1.165, 1.54) is 25.7 Å². The van der Waals surface area contributed by atoms with Gasteiger partial charge < -0.3 is 15.5 Å². The number of nitrogens with one attached hydrogen (secondary N) is 1. The van der Waals surface area contributed by atoms with Crippen LogP contribution in [0.5, 0.6) is 0 Å². The number of hydrogen-bond acceptors (Lipinski definition) is 3. The van der Waals surface area contributed by atoms with Crippen molar-refractivity contribution in [3.8, 4) is 0 Å². The van der Waals surface area contributed by atoms with Gasteiger partial charge in [0.25, 0.3) is 0 Å². The molecule has 0 aliphatic heterocycles. The summed E-state index contributed by atoms with van der Waals surface area (Å²) < 4.78 is 0. The molecule has 1 rings (SSSR count). The van der Waals surface area contributed by atoms with Crippen molar-refractivity contribution in [2.45, 2.75) is 45.1 Å². The molecule has 0 aromatic rings. The molecule has 0 bridgehead atoms. The number of aliphatic hydroxyl groups is 1. The Hall–Kier alpha value is -0.610. The predicted octanol–water partition coefficient (Wildman–Crippen LogP) is 0.992. The first-order chi connectivity index (χ1) is 7.08. The van der Waals surface area contributed by atoms with Crippen molar-refractivity contribution in [2.75, 3.05) is 13.1 Å². The Bertz CT molecular complexity index is 214. The molecule has 1 unspecified atom stereocenters. The number of carboxylic acids is 1. The molecule has 1 aliphatic carbocycles. The molecule has 1 atom stereocenters. The Morgan fingerprint density at radius 1 is 1.53 bits per heavy atom. The second-order valence-electron chi connectivity index (χ2n) is 4.63. The lowest BCUT2D eigenvalue weighted by molar-refractivity contribution is -0.139. The molecule has 0 aromatic carbocycles. The maximum atomic E-state index is 10.3. The van der Waals surface area contributed by atoms with Gasteiger partial charge in [-0.15, -0.1) is 0 Å². The average Bonchev–Trinajstić information content (AvgIpc) is 2.84. The van der Waals surface area contributed by atoms with Crippen LogP contribution in [0.4, 0.5) is 0 Å². The Kier molecular flexibility index (Phi) is 4.54. The quantitative estimate of drug-likeness (QED) is 0.565. The zero-order valence-electron chi connectivity index (χ0n) is 9.33. The fraction of sp³-hybridized carbons (Fsp3) is 0.909. The van der Waals surface area contributed by atoms with E-state index in [4.69, 9.17) is 5.11 Å². The van der Waals surface area contributed by atoms with E-state index in [0.717, 1.165) is 6.54 Å². The van der Waals surface area contributed by atoms with Gasteiger partial charge in [-0.25, -0.2) is 0 Å². The van der Waals surface area contributed by atoms with Crippen LogP contribution in [0, 0.1) is 5.41 Å². The van der Waals surface area contributed by atoms with E-state index in [2.05, 4.69) is 12.2 Å². The van der Waals surface area contributed by atoms with Gasteiger partial charge in [0.1, 0.15) is 0 Å². The molecule has 88 valence electrons. The highest BCUT2D eigenvalue weighted by Crippen LogP contribution is 2.48. The Morgan fingerprint density at radius 3 is 2.67 bits per heavy atom. The first kappa shape index (κ1) is 12.5. The Balaban J connectivity index is 2.08. The summed E-state index contributed by atoms with van der Waals surface area (Å²) >= 11 is 0. The van der Waals surface area contributed by atoms with E-state index < -0.39 is 12.1 Å². The molecule has 4 nitrogen and oxygen atoms in total. The SMILES string of the molecule is CCCC1(CNCC(O)CC(=O)O)CC1. The third kappa shape index (κ3) is 4.62. The van der Waals surface area contributed by atoms with Crippen LogP contribution in [-0.2, 0) is 4.79 Å². The molecule has 1 aliphatic rings. The van der Waals surface area contributed by atoms with E-state index in [-0.39, 0.29) is 6.42 Å². The second kappa shape index (κ2) is 5.47. The third-order valence-electron chi connectivity index (χ3n) is 3.03. The number of carbonyl (C=O) groups is 1. The summed E-state index contributed by atoms with van der Waals surface area (Å²) in [5.74, 6) is -0.945. The van der Waals surface area contributed by atoms with Crippen LogP contribution in [0.15, 0.2) is 0 Å². The van der Waals surface area contributed by atoms with E-state index in [0.29, 0.717) is 12.0 Å². The van der Waals surface area contributed by atoms with Gasteiger partial charge in [-0.3, -0.25) is 4.79 Å². The summed E-state index contributed by atoms with van der Waals surface area (Å²) in [5.41, 5.74) is 0.456. The van der Waals surface area contributed by atoms with Gasteiger partial charge in [0.05, 0.1) is 12.5 Å². The minimum Gasteiger partial charge on any atom is -0.481 e. The fourth-order valence-corrected chi connectivity index (χ4v) is 2.00. The summed E-state index contributed by atoms with van der Waals surface area (Å²) in [6.45, 7) is 3.48. The molecule has 4 heteroatoms. The van der Waals surface area contributed by atoms with E-state index >= 15 is 0 Å². The smallest absolute Gasteiger partial charge is 0.306 e. The highest BCUT2D eigenvalue weighted by Gasteiger charge is 2.40. The number of aliphatic hydroxyl groups excluding tert-OH is 1. The minimum absolute atomic E-state index is 0.173. The van der Waals surface area contributed by atoms with Crippen molar-refractivity contribution in [2.24, 2.45) is 5.41 Å². The van der Waals surface area contributed by atoms with Crippen LogP contribution in [0.1, 0.15) is 39.0 Å². The first-order valence-electron chi connectivity index (χ1n) is 5.68. The van der Waals surface area contributed by atoms with Crippen molar-refractivity contribution in [1.29, 1.82) is 0 Å². The number of rotatable bonds is 8. The molecule has 1 fully saturated rings. The second-order valence-corrected chi connectivity index (χ2v) is 4.63. The Morgan fingerprint density at radius 2 is 2.20 bits per heavy atom. The maximum absolute atomic E-state index is 10.3. The van der Waals surface area contributed by atoms with Crippen molar-refractivity contribution in [1.82, 2.24) is 5.32 Å². The molecule has 0 amide bonds. The molecule has 0 radical (unpaired) electrons. The van der Waals surface area contributed by atoms with Crippen molar-refractivity contribution >= 4 is 5.97 Å². The molecular formula is C11H21NO3. The zero-order chi connectivity index (χ0) is 11.3. The average molecular weight is 215 g/mol. The third-order valence-corrected chi connectivity index (χ3v) is 3.03. The van der Waals surface area contributed by atoms with Gasteiger partial charge in [-0.05, 0) is 24.7 Å². The van der Waals surface area contributed by atoms with Gasteiger partial charge in [-0.2, -0.15) is 0 Å². The summed E-state index contributed by atoms with van der Waals surface area (Å²) in [6, 6.07) is 0. The van der Waals surface area contributed by atoms with E-state index in [1.807, 2.05) is 0 Å². The lowest BCUT2D eigenvalue weighted by Gasteiger charge is -2.16. The largest absolute Gasteiger partial charge is 0.481 e. The monoisotopic (exact) mass is 215 g/mol. The lowest BCUT2D eigenvalue weighted by atomic mass is 10.0. The topological polar surface area (TPSA) is 69.6 Å². The number of aliphatic carboxylic acids is 1. The molecule has 15 heavy (non-hydrogen) atoms. The summed E-state index contributed by atoms with van der Waals surface area (Å²) in [6.07, 6.45) is 4.02. The highest BCUT2D eigenvalue weighted by atomic mass is 16.4. The van der Waals surface area contributed by atoms with E-state index in [9.17, 15) is 9.90 Å². The van der Waals surface area contributed by atoms with Crippen LogP contribution in [0.25, 0.3) is 0 Å². The van der Waals surface area contributed by atoms with Gasteiger partial charge in [0.15, 0.2) is 0 Å². The normalized spacial score (nSPS) is 19.9. The zero-order valence-corrected chi connectivity index (χ0v) is 9.33. The number of hydrogen-bond donors (Lipinski definition) is 3. The Labute approximate surface area is 90.7 Å². The van der Waals surface area contributed by atoms with Gasteiger partial charge in [0.2, 0.25) is 0 Å². The van der Waals surface area contributed by atoms with Crippen LogP contribution >= 0.6 is 0 Å². The molecule has 3 N–H and O–H groups in total. The first-order valence-corrected chi connectivity index (χ1v) is 5.68. The van der Waals surface area contributed by atoms with E-state index in [1.54, 1.807) is 0 Å². The van der Waals surface area contributed by atoms with Crippen LogP contribution in [0.2, 0.25) is 0 Å². The molecule has 0 aromatic heterocycles. The maximum Gasteiger partial charge on any atom is 0.306 e. The molecular weight excluding hydrogens is 194 g/mol. The molecule has 0 spiro atoms. The molecule has 0 saturated heterocycles. The van der Waals surface area contributed by atoms with Crippen molar-refractivity contribution in [3.05, 3.63) is 0 Å². The van der Waals surface area contributed by atoms with Crippen molar-refractivity contribution in [3.63, 3.8) is 0 Å². The highest BCUT2D eigenvalue weighted by molar-refractivity contribution is 5.67. The van der Waals surface area contributed by atoms with Gasteiger partial charge in [-0.1, -0.05) is 13.3 Å². The fourth-order valence-electron chi connectivity index (χ4n) is 2.00. The standard InChI is InChI=1S/C11H21NO3/c1-2-3-11(4-5-11)8-12-7-9(13)6-10(14)15/h9,12-13H,2-8H2,1H3,(H,14,15). The predicted molar refractivity (Wildman–Crippen MR) is 57.7 cm³/mol. The summed E-state index contributed by atoms with van der Waals surface area (Å²) in [5, 5.41) is 20.9. The van der Waals surface area contributed by atoms with Gasteiger partial charge in [0, 0.05) is 13.1 Å². The molecule has 1 saturated carbocycles. The van der Waals surface area contributed by atoms with Crippen molar-refractivity contribution < 1.29 is 15.0 Å². The van der Waals surface area contributed by atoms with Crippen LogP contribution in [-0.4, -0.2) is 35.4 Å². The van der Waals surface area contributed by atoms with Crippen LogP contribution < -0.4 is 5.32 Å². The van der Waals surface area contributed by atoms with Gasteiger partial charge >= 0.3 is 5.97 Å². The number of carboxylic acid groups (broad SMARTS) is 1. The summed E-state index contributed by atoms with van der Waals surface area (Å²) in [4.78, 5) is 10.3. The van der Waals surface area contributed by atoms with Crippen LogP contribution in [0.3, 0.4) is 0 Å². The lowest BCUT2D eigenvalue weighted by Crippen LogP contribution is -2.32. The minimum atomic E-state index is -0.945. The molecule has 0 heterocycles. The summed E-state index contributed by atoms with van der Waals surface area (Å²) in [7, 11) is 0.